The van der Waals surface area contributed by atoms with Gasteiger partial charge in [-0.25, -0.2) is 0 Å². The second-order valence-electron chi connectivity index (χ2n) is 6.45. The van der Waals surface area contributed by atoms with Gasteiger partial charge in [0, 0.05) is 23.6 Å². The molecule has 0 atom stereocenters. The minimum absolute atomic E-state index is 0.0985. The first-order valence-electron chi connectivity index (χ1n) is 8.71. The molecule has 3 aromatic heterocycles. The Morgan fingerprint density at radius 3 is 2.23 bits per heavy atom. The van der Waals surface area contributed by atoms with Crippen molar-refractivity contribution in [3.05, 3.63) is 72.2 Å². The molecule has 31 heavy (non-hydrogen) atoms. The molecule has 4 aromatic rings. The number of hydrogen-bond acceptors (Lipinski definition) is 5. The molecule has 0 saturated carbocycles. The van der Waals surface area contributed by atoms with Gasteiger partial charge in [0.05, 0.1) is 28.7 Å². The Morgan fingerprint density at radius 2 is 1.55 bits per heavy atom. The van der Waals surface area contributed by atoms with Gasteiger partial charge in [0.15, 0.2) is 0 Å². The van der Waals surface area contributed by atoms with Crippen molar-refractivity contribution >= 4 is 22.4 Å². The van der Waals surface area contributed by atoms with E-state index in [0.717, 1.165) is 18.2 Å². The summed E-state index contributed by atoms with van der Waals surface area (Å²) in [7, 11) is 0. The molecule has 0 aliphatic rings. The summed E-state index contributed by atoms with van der Waals surface area (Å²) in [6.07, 6.45) is -5.28. The summed E-state index contributed by atoms with van der Waals surface area (Å²) in [6, 6.07) is 7.80. The minimum atomic E-state index is -4.60. The smallest absolute Gasteiger partial charge is 0.352 e. The van der Waals surface area contributed by atoms with Crippen molar-refractivity contribution in [3.63, 3.8) is 0 Å². The number of aromatic nitrogens is 4. The van der Waals surface area contributed by atoms with Crippen molar-refractivity contribution in [2.75, 3.05) is 5.32 Å². The average molecular weight is 435 g/mol. The SMILES string of the molecule is FC(F)(F)c1ccc(Nc2cnnc3cc(-c4ncccc4C(F)(F)F)cnc23)cc1. The third-order valence-corrected chi connectivity index (χ3v) is 4.35. The monoisotopic (exact) mass is 435 g/mol. The Bertz CT molecular complexity index is 1240. The third kappa shape index (κ3) is 4.25. The van der Waals surface area contributed by atoms with Crippen LogP contribution < -0.4 is 5.32 Å². The van der Waals surface area contributed by atoms with Crippen LogP contribution in [0.3, 0.4) is 0 Å². The molecule has 0 unspecified atom stereocenters. The molecule has 4 rings (SSSR count). The highest BCUT2D eigenvalue weighted by molar-refractivity contribution is 5.90. The van der Waals surface area contributed by atoms with Gasteiger partial charge in [0.2, 0.25) is 0 Å². The second-order valence-corrected chi connectivity index (χ2v) is 6.45. The number of alkyl halides is 6. The van der Waals surface area contributed by atoms with Gasteiger partial charge in [-0.3, -0.25) is 9.97 Å². The molecular weight excluding hydrogens is 424 g/mol. The molecule has 0 aliphatic heterocycles. The molecule has 158 valence electrons. The Labute approximate surface area is 170 Å². The van der Waals surface area contributed by atoms with Crippen molar-refractivity contribution in [2.24, 2.45) is 0 Å². The van der Waals surface area contributed by atoms with Crippen molar-refractivity contribution in [3.8, 4) is 11.3 Å². The quantitative estimate of drug-likeness (QED) is 0.408. The minimum Gasteiger partial charge on any atom is -0.352 e. The van der Waals surface area contributed by atoms with E-state index in [9.17, 15) is 26.3 Å². The van der Waals surface area contributed by atoms with Crippen LogP contribution in [0.25, 0.3) is 22.3 Å². The molecule has 0 bridgehead atoms. The topological polar surface area (TPSA) is 63.6 Å². The van der Waals surface area contributed by atoms with Gasteiger partial charge < -0.3 is 5.32 Å². The third-order valence-electron chi connectivity index (χ3n) is 4.35. The lowest BCUT2D eigenvalue weighted by Gasteiger charge is -2.13. The number of halogens is 6. The Hall–Kier alpha value is -3.76. The van der Waals surface area contributed by atoms with E-state index < -0.39 is 23.5 Å². The van der Waals surface area contributed by atoms with Crippen molar-refractivity contribution in [2.45, 2.75) is 12.4 Å². The molecular formula is C20H11F6N5. The van der Waals surface area contributed by atoms with Gasteiger partial charge in [-0.05, 0) is 42.5 Å². The van der Waals surface area contributed by atoms with E-state index >= 15 is 0 Å². The fourth-order valence-electron chi connectivity index (χ4n) is 2.93. The molecule has 1 N–H and O–H groups in total. The maximum atomic E-state index is 13.3. The zero-order chi connectivity index (χ0) is 22.2. The zero-order valence-electron chi connectivity index (χ0n) is 15.3. The van der Waals surface area contributed by atoms with Gasteiger partial charge in [-0.2, -0.15) is 31.4 Å². The molecule has 0 amide bonds. The first kappa shape index (κ1) is 20.5. The number of fused-ring (bicyclic) bond motifs is 1. The molecule has 0 saturated heterocycles. The number of nitrogens with zero attached hydrogens (tertiary/aromatic N) is 4. The van der Waals surface area contributed by atoms with Crippen LogP contribution in [0.15, 0.2) is 61.1 Å². The number of benzene rings is 1. The van der Waals surface area contributed by atoms with Crippen LogP contribution >= 0.6 is 0 Å². The van der Waals surface area contributed by atoms with Crippen LogP contribution in [-0.4, -0.2) is 20.2 Å². The van der Waals surface area contributed by atoms with Crippen LogP contribution in [-0.2, 0) is 12.4 Å². The first-order valence-corrected chi connectivity index (χ1v) is 8.71. The summed E-state index contributed by atoms with van der Waals surface area (Å²) in [5.41, 5.74) is -0.770. The van der Waals surface area contributed by atoms with Crippen LogP contribution in [0.2, 0.25) is 0 Å². The summed E-state index contributed by atoms with van der Waals surface area (Å²) in [5.74, 6) is 0. The molecule has 0 fully saturated rings. The summed E-state index contributed by atoms with van der Waals surface area (Å²) in [6.45, 7) is 0. The first-order chi connectivity index (χ1) is 14.6. The van der Waals surface area contributed by atoms with E-state index in [4.69, 9.17) is 0 Å². The highest BCUT2D eigenvalue weighted by Gasteiger charge is 2.34. The highest BCUT2D eigenvalue weighted by atomic mass is 19.4. The molecule has 1 aromatic carbocycles. The van der Waals surface area contributed by atoms with Gasteiger partial charge in [-0.15, -0.1) is 5.10 Å². The van der Waals surface area contributed by atoms with Crippen LogP contribution in [0.1, 0.15) is 11.1 Å². The number of anilines is 2. The standard InChI is InChI=1S/C20H11F6N5/c21-19(22,23)12-3-5-13(6-4-12)30-16-10-29-31-15-8-11(9-28-18(15)16)17-14(20(24,25)26)2-1-7-27-17/h1-10H,(H,30,31). The Morgan fingerprint density at radius 1 is 0.806 bits per heavy atom. The summed E-state index contributed by atoms with van der Waals surface area (Å²) >= 11 is 0. The van der Waals surface area contributed by atoms with E-state index in [1.165, 1.54) is 42.9 Å². The van der Waals surface area contributed by atoms with Crippen LogP contribution in [0.5, 0.6) is 0 Å². The molecule has 0 aliphatic carbocycles. The molecule has 11 heteroatoms. The van der Waals surface area contributed by atoms with Gasteiger partial charge in [0.25, 0.3) is 0 Å². The maximum absolute atomic E-state index is 13.3. The van der Waals surface area contributed by atoms with E-state index in [1.807, 2.05) is 0 Å². The lowest BCUT2D eigenvalue weighted by molar-refractivity contribution is -0.138. The van der Waals surface area contributed by atoms with Crippen molar-refractivity contribution in [1.29, 1.82) is 0 Å². The van der Waals surface area contributed by atoms with Crippen LogP contribution in [0, 0.1) is 0 Å². The lowest BCUT2D eigenvalue weighted by atomic mass is 10.1. The van der Waals surface area contributed by atoms with Gasteiger partial charge in [-0.1, -0.05) is 0 Å². The van der Waals surface area contributed by atoms with Gasteiger partial charge >= 0.3 is 12.4 Å². The summed E-state index contributed by atoms with van der Waals surface area (Å²) < 4.78 is 78.0. The predicted molar refractivity (Wildman–Crippen MR) is 100 cm³/mol. The van der Waals surface area contributed by atoms with E-state index in [-0.39, 0.29) is 22.3 Å². The average Bonchev–Trinajstić information content (AvgIpc) is 2.73. The number of pyridine rings is 2. The van der Waals surface area contributed by atoms with Crippen molar-refractivity contribution < 1.29 is 26.3 Å². The zero-order valence-corrected chi connectivity index (χ0v) is 15.3. The molecule has 3 heterocycles. The largest absolute Gasteiger partial charge is 0.418 e. The maximum Gasteiger partial charge on any atom is 0.418 e. The lowest BCUT2D eigenvalue weighted by Crippen LogP contribution is -2.08. The van der Waals surface area contributed by atoms with E-state index in [0.29, 0.717) is 11.4 Å². The van der Waals surface area contributed by atoms with E-state index in [1.54, 1.807) is 0 Å². The Balaban J connectivity index is 1.70. The predicted octanol–water partition coefficient (Wildman–Crippen LogP) is 5.87. The van der Waals surface area contributed by atoms with E-state index in [2.05, 4.69) is 25.5 Å². The van der Waals surface area contributed by atoms with Crippen molar-refractivity contribution in [1.82, 2.24) is 20.2 Å². The second kappa shape index (κ2) is 7.49. The number of nitrogens with one attached hydrogen (secondary N) is 1. The molecule has 5 nitrogen and oxygen atoms in total. The summed E-state index contributed by atoms with van der Waals surface area (Å²) in [4.78, 5) is 8.01. The molecule has 0 radical (unpaired) electrons. The fourth-order valence-corrected chi connectivity index (χ4v) is 2.93. The normalized spacial score (nSPS) is 12.2. The van der Waals surface area contributed by atoms with Gasteiger partial charge in [0.1, 0.15) is 11.0 Å². The fraction of sp³-hybridized carbons (Fsp3) is 0.100. The molecule has 0 spiro atoms. The van der Waals surface area contributed by atoms with Crippen LogP contribution in [0.4, 0.5) is 37.7 Å². The number of hydrogen-bond donors (Lipinski definition) is 1. The summed E-state index contributed by atoms with van der Waals surface area (Å²) in [5, 5.41) is 10.6. The highest BCUT2D eigenvalue weighted by Crippen LogP contribution is 2.36. The Kier molecular flexibility index (Phi) is 4.96. The number of rotatable bonds is 3.